The molecule has 0 saturated carbocycles. The Kier molecular flexibility index (Phi) is 6.09. The van der Waals surface area contributed by atoms with E-state index in [1.54, 1.807) is 24.3 Å². The summed E-state index contributed by atoms with van der Waals surface area (Å²) in [5.74, 6) is -0.430. The van der Waals surface area contributed by atoms with E-state index < -0.39 is 10.0 Å². The quantitative estimate of drug-likeness (QED) is 0.582. The van der Waals surface area contributed by atoms with Crippen LogP contribution in [0.3, 0.4) is 0 Å². The van der Waals surface area contributed by atoms with Gasteiger partial charge < -0.3 is 9.47 Å². The number of hydrogen-bond donors (Lipinski definition) is 1. The van der Waals surface area contributed by atoms with Crippen LogP contribution in [0.5, 0.6) is 0 Å². The van der Waals surface area contributed by atoms with Gasteiger partial charge in [-0.15, -0.1) is 0 Å². The van der Waals surface area contributed by atoms with E-state index in [0.717, 1.165) is 17.1 Å². The SMILES string of the molecule is CCN(CC(=O)c1cc(C)n(-c2ccc(S(N)(=O)=O)cc2)c1C)c1cccc(F)c1. The molecule has 0 spiro atoms. The maximum atomic E-state index is 13.6. The molecule has 1 heterocycles. The fraction of sp³-hybridized carbons (Fsp3) is 0.227. The first-order chi connectivity index (χ1) is 14.1. The number of sulfonamides is 1. The Hall–Kier alpha value is -2.97. The predicted molar refractivity (Wildman–Crippen MR) is 115 cm³/mol. The Bertz CT molecular complexity index is 1180. The minimum Gasteiger partial charge on any atom is -0.364 e. The molecule has 1 aromatic heterocycles. The van der Waals surface area contributed by atoms with E-state index in [0.29, 0.717) is 17.8 Å². The molecule has 30 heavy (non-hydrogen) atoms. The maximum absolute atomic E-state index is 13.6. The van der Waals surface area contributed by atoms with Crippen LogP contribution in [0.2, 0.25) is 0 Å². The molecule has 0 aliphatic rings. The summed E-state index contributed by atoms with van der Waals surface area (Å²) in [6.07, 6.45) is 0. The summed E-state index contributed by atoms with van der Waals surface area (Å²) in [4.78, 5) is 14.9. The fourth-order valence-electron chi connectivity index (χ4n) is 3.54. The average molecular weight is 430 g/mol. The van der Waals surface area contributed by atoms with Gasteiger partial charge in [-0.2, -0.15) is 0 Å². The molecule has 0 aliphatic carbocycles. The van der Waals surface area contributed by atoms with Crippen LogP contribution in [-0.2, 0) is 10.0 Å². The number of aryl methyl sites for hydroxylation is 1. The first-order valence-corrected chi connectivity index (χ1v) is 11.0. The monoisotopic (exact) mass is 429 g/mol. The number of aromatic nitrogens is 1. The van der Waals surface area contributed by atoms with Crippen molar-refractivity contribution in [2.24, 2.45) is 5.14 Å². The van der Waals surface area contributed by atoms with E-state index in [-0.39, 0.29) is 23.0 Å². The molecule has 0 aliphatic heterocycles. The van der Waals surface area contributed by atoms with Gasteiger partial charge in [-0.1, -0.05) is 6.07 Å². The lowest BCUT2D eigenvalue weighted by Crippen LogP contribution is -2.29. The van der Waals surface area contributed by atoms with Crippen LogP contribution < -0.4 is 10.0 Å². The molecular weight excluding hydrogens is 405 g/mol. The summed E-state index contributed by atoms with van der Waals surface area (Å²) in [5.41, 5.74) is 3.54. The molecule has 158 valence electrons. The lowest BCUT2D eigenvalue weighted by molar-refractivity contribution is 0.0998. The van der Waals surface area contributed by atoms with Crippen molar-refractivity contribution in [1.82, 2.24) is 4.57 Å². The molecule has 8 heteroatoms. The number of primary sulfonamides is 1. The molecule has 0 bridgehead atoms. The molecule has 2 N–H and O–H groups in total. The third-order valence-electron chi connectivity index (χ3n) is 5.04. The number of halogens is 1. The minimum atomic E-state index is -3.77. The van der Waals surface area contributed by atoms with Crippen LogP contribution in [0.1, 0.15) is 28.7 Å². The second-order valence-electron chi connectivity index (χ2n) is 7.08. The summed E-state index contributed by atoms with van der Waals surface area (Å²) in [5, 5.41) is 5.16. The molecule has 0 radical (unpaired) electrons. The number of carbonyl (C=O) groups is 1. The number of nitrogens with zero attached hydrogens (tertiary/aromatic N) is 2. The van der Waals surface area contributed by atoms with Gasteiger partial charge in [-0.05, 0) is 69.3 Å². The van der Waals surface area contributed by atoms with E-state index in [2.05, 4.69) is 0 Å². The highest BCUT2D eigenvalue weighted by Crippen LogP contribution is 2.23. The van der Waals surface area contributed by atoms with E-state index in [1.807, 2.05) is 36.3 Å². The van der Waals surface area contributed by atoms with Gasteiger partial charge in [-0.3, -0.25) is 4.79 Å². The summed E-state index contributed by atoms with van der Waals surface area (Å²) in [6, 6.07) is 14.2. The smallest absolute Gasteiger partial charge is 0.238 e. The van der Waals surface area contributed by atoms with Crippen LogP contribution in [0.25, 0.3) is 5.69 Å². The van der Waals surface area contributed by atoms with Crippen molar-refractivity contribution in [2.45, 2.75) is 25.7 Å². The zero-order chi connectivity index (χ0) is 22.1. The number of hydrogen-bond acceptors (Lipinski definition) is 4. The average Bonchev–Trinajstić information content (AvgIpc) is 2.99. The number of nitrogens with two attached hydrogens (primary N) is 1. The van der Waals surface area contributed by atoms with Crippen LogP contribution in [0.15, 0.2) is 59.5 Å². The van der Waals surface area contributed by atoms with Gasteiger partial charge in [0.2, 0.25) is 10.0 Å². The van der Waals surface area contributed by atoms with E-state index in [4.69, 9.17) is 5.14 Å². The third kappa shape index (κ3) is 4.44. The zero-order valence-electron chi connectivity index (χ0n) is 17.1. The number of anilines is 1. The van der Waals surface area contributed by atoms with Crippen molar-refractivity contribution >= 4 is 21.5 Å². The molecular formula is C22H24FN3O3S. The summed E-state index contributed by atoms with van der Waals surface area (Å²) in [6.45, 7) is 6.31. The lowest BCUT2D eigenvalue weighted by Gasteiger charge is -2.22. The summed E-state index contributed by atoms with van der Waals surface area (Å²) >= 11 is 0. The minimum absolute atomic E-state index is 0.0266. The Morgan fingerprint density at radius 3 is 2.33 bits per heavy atom. The van der Waals surface area contributed by atoms with Crippen LogP contribution >= 0.6 is 0 Å². The van der Waals surface area contributed by atoms with Crippen LogP contribution in [0.4, 0.5) is 10.1 Å². The van der Waals surface area contributed by atoms with Gasteiger partial charge in [-0.25, -0.2) is 17.9 Å². The number of rotatable bonds is 7. The largest absolute Gasteiger partial charge is 0.364 e. The molecule has 0 unspecified atom stereocenters. The Labute approximate surface area is 175 Å². The first kappa shape index (κ1) is 21.7. The maximum Gasteiger partial charge on any atom is 0.238 e. The summed E-state index contributed by atoms with van der Waals surface area (Å²) < 4.78 is 38.4. The van der Waals surface area contributed by atoms with E-state index in [9.17, 15) is 17.6 Å². The van der Waals surface area contributed by atoms with Gasteiger partial charge in [0.25, 0.3) is 0 Å². The van der Waals surface area contributed by atoms with Crippen molar-refractivity contribution in [3.63, 3.8) is 0 Å². The number of benzene rings is 2. The second-order valence-corrected chi connectivity index (χ2v) is 8.64. The molecule has 3 rings (SSSR count). The number of Topliss-reactive ketones (excluding diaryl/α,β-unsaturated/α-hetero) is 1. The molecule has 3 aromatic rings. The fourth-order valence-corrected chi connectivity index (χ4v) is 4.06. The van der Waals surface area contributed by atoms with Crippen LogP contribution in [0, 0.1) is 19.7 Å². The van der Waals surface area contributed by atoms with Crippen molar-refractivity contribution in [1.29, 1.82) is 0 Å². The van der Waals surface area contributed by atoms with Gasteiger partial charge >= 0.3 is 0 Å². The standard InChI is InChI=1S/C22H24FN3O3S/c1-4-25(19-7-5-6-17(23)13-19)14-22(27)21-12-15(2)26(16(21)3)18-8-10-20(11-9-18)30(24,28)29/h5-13H,4,14H2,1-3H3,(H2,24,28,29). The number of likely N-dealkylation sites (N-methyl/N-ethyl adjacent to an activating group) is 1. The summed E-state index contributed by atoms with van der Waals surface area (Å²) in [7, 11) is -3.77. The van der Waals surface area contributed by atoms with Gasteiger partial charge in [0.1, 0.15) is 5.82 Å². The Balaban J connectivity index is 1.90. The van der Waals surface area contributed by atoms with Gasteiger partial charge in [0.15, 0.2) is 5.78 Å². The number of carbonyl (C=O) groups excluding carboxylic acids is 1. The molecule has 0 fully saturated rings. The van der Waals surface area contributed by atoms with Crippen LogP contribution in [-0.4, -0.2) is 31.9 Å². The molecule has 0 amide bonds. The van der Waals surface area contributed by atoms with Crippen molar-refractivity contribution in [3.05, 3.63) is 77.4 Å². The first-order valence-electron chi connectivity index (χ1n) is 9.47. The van der Waals surface area contributed by atoms with Gasteiger partial charge in [0.05, 0.1) is 11.4 Å². The lowest BCUT2D eigenvalue weighted by atomic mass is 10.1. The number of ketones is 1. The van der Waals surface area contributed by atoms with Crippen molar-refractivity contribution < 1.29 is 17.6 Å². The highest BCUT2D eigenvalue weighted by molar-refractivity contribution is 7.89. The van der Waals surface area contributed by atoms with Gasteiger partial charge in [0, 0.05) is 34.9 Å². The highest BCUT2D eigenvalue weighted by atomic mass is 32.2. The Morgan fingerprint density at radius 1 is 1.10 bits per heavy atom. The van der Waals surface area contributed by atoms with E-state index in [1.165, 1.54) is 24.3 Å². The molecule has 2 aromatic carbocycles. The Morgan fingerprint density at radius 2 is 1.77 bits per heavy atom. The second kappa shape index (κ2) is 8.41. The van der Waals surface area contributed by atoms with Crippen molar-refractivity contribution in [2.75, 3.05) is 18.0 Å². The van der Waals surface area contributed by atoms with Crippen molar-refractivity contribution in [3.8, 4) is 5.69 Å². The molecule has 0 saturated heterocycles. The topological polar surface area (TPSA) is 85.4 Å². The molecule has 0 atom stereocenters. The normalized spacial score (nSPS) is 11.5. The highest BCUT2D eigenvalue weighted by Gasteiger charge is 2.19. The zero-order valence-corrected chi connectivity index (χ0v) is 17.9. The third-order valence-corrected chi connectivity index (χ3v) is 5.97. The van der Waals surface area contributed by atoms with E-state index >= 15 is 0 Å². The predicted octanol–water partition coefficient (Wildman–Crippen LogP) is 3.59. The molecule has 6 nitrogen and oxygen atoms in total.